The summed E-state index contributed by atoms with van der Waals surface area (Å²) in [6.45, 7) is 3.54. The van der Waals surface area contributed by atoms with Crippen LogP contribution in [-0.2, 0) is 16.0 Å². The molecule has 1 amide bonds. The summed E-state index contributed by atoms with van der Waals surface area (Å²) in [6, 6.07) is 9.91. The molecular formula is C15H19NO3. The number of carbonyl (C=O) groups excluding carboxylic acids is 1. The Labute approximate surface area is 113 Å². The van der Waals surface area contributed by atoms with Gasteiger partial charge in [0.05, 0.1) is 0 Å². The lowest BCUT2D eigenvalue weighted by Crippen LogP contribution is -2.35. The second-order valence-electron chi connectivity index (χ2n) is 4.30. The first kappa shape index (κ1) is 15.0. The zero-order valence-electron chi connectivity index (χ0n) is 10.9. The van der Waals surface area contributed by atoms with Crippen molar-refractivity contribution in [2.24, 2.45) is 0 Å². The SMILES string of the molecule is C=CCN(CC(=O)O)C(=O)CCCc1ccccc1. The Morgan fingerprint density at radius 1 is 1.26 bits per heavy atom. The van der Waals surface area contributed by atoms with Gasteiger partial charge in [-0.15, -0.1) is 6.58 Å². The second-order valence-corrected chi connectivity index (χ2v) is 4.30. The van der Waals surface area contributed by atoms with Crippen molar-refractivity contribution in [3.05, 3.63) is 48.6 Å². The number of aryl methyl sites for hydroxylation is 1. The van der Waals surface area contributed by atoms with Crippen molar-refractivity contribution in [2.75, 3.05) is 13.1 Å². The van der Waals surface area contributed by atoms with E-state index in [4.69, 9.17) is 5.11 Å². The molecule has 102 valence electrons. The third kappa shape index (κ3) is 5.86. The van der Waals surface area contributed by atoms with E-state index in [2.05, 4.69) is 6.58 Å². The van der Waals surface area contributed by atoms with Gasteiger partial charge < -0.3 is 10.0 Å². The molecule has 1 aromatic rings. The fourth-order valence-electron chi connectivity index (χ4n) is 1.82. The van der Waals surface area contributed by atoms with Crippen LogP contribution in [0.5, 0.6) is 0 Å². The van der Waals surface area contributed by atoms with E-state index in [1.807, 2.05) is 30.3 Å². The molecule has 4 nitrogen and oxygen atoms in total. The van der Waals surface area contributed by atoms with Crippen molar-refractivity contribution in [2.45, 2.75) is 19.3 Å². The highest BCUT2D eigenvalue weighted by atomic mass is 16.4. The number of amides is 1. The van der Waals surface area contributed by atoms with E-state index in [0.29, 0.717) is 6.42 Å². The molecule has 0 atom stereocenters. The number of aliphatic carboxylic acids is 1. The van der Waals surface area contributed by atoms with E-state index in [1.165, 1.54) is 16.5 Å². The predicted octanol–water partition coefficient (Wildman–Crippen LogP) is 2.11. The van der Waals surface area contributed by atoms with E-state index in [1.54, 1.807) is 0 Å². The van der Waals surface area contributed by atoms with Crippen LogP contribution < -0.4 is 0 Å². The molecule has 0 aliphatic rings. The van der Waals surface area contributed by atoms with E-state index < -0.39 is 5.97 Å². The van der Waals surface area contributed by atoms with E-state index >= 15 is 0 Å². The maximum Gasteiger partial charge on any atom is 0.323 e. The first-order valence-corrected chi connectivity index (χ1v) is 6.28. The molecule has 1 aromatic carbocycles. The van der Waals surface area contributed by atoms with Gasteiger partial charge in [-0.25, -0.2) is 0 Å². The molecule has 0 heterocycles. The number of rotatable bonds is 8. The molecule has 0 spiro atoms. The number of carbonyl (C=O) groups is 2. The van der Waals surface area contributed by atoms with Gasteiger partial charge in [0.1, 0.15) is 6.54 Å². The molecule has 19 heavy (non-hydrogen) atoms. The van der Waals surface area contributed by atoms with E-state index in [9.17, 15) is 9.59 Å². The molecule has 0 aliphatic carbocycles. The highest BCUT2D eigenvalue weighted by Crippen LogP contribution is 2.06. The normalized spacial score (nSPS) is 9.89. The topological polar surface area (TPSA) is 57.6 Å². The van der Waals surface area contributed by atoms with Crippen LogP contribution in [-0.4, -0.2) is 35.0 Å². The summed E-state index contributed by atoms with van der Waals surface area (Å²) >= 11 is 0. The van der Waals surface area contributed by atoms with Crippen molar-refractivity contribution in [1.29, 1.82) is 0 Å². The summed E-state index contributed by atoms with van der Waals surface area (Å²) in [4.78, 5) is 23.8. The Hall–Kier alpha value is -2.10. The molecular weight excluding hydrogens is 242 g/mol. The number of carboxylic acid groups (broad SMARTS) is 1. The van der Waals surface area contributed by atoms with Gasteiger partial charge in [0.2, 0.25) is 5.91 Å². The standard InChI is InChI=1S/C15H19NO3/c1-2-11-16(12-15(18)19)14(17)10-6-9-13-7-4-3-5-8-13/h2-5,7-8H,1,6,9-12H2,(H,18,19). The molecule has 4 heteroatoms. The summed E-state index contributed by atoms with van der Waals surface area (Å²) in [5.41, 5.74) is 1.18. The molecule has 0 radical (unpaired) electrons. The van der Waals surface area contributed by atoms with Crippen LogP contribution in [0.2, 0.25) is 0 Å². The smallest absolute Gasteiger partial charge is 0.323 e. The molecule has 1 N–H and O–H groups in total. The van der Waals surface area contributed by atoms with Gasteiger partial charge in [0, 0.05) is 13.0 Å². The maximum atomic E-state index is 11.9. The average Bonchev–Trinajstić information content (AvgIpc) is 2.39. The first-order valence-electron chi connectivity index (χ1n) is 6.28. The minimum Gasteiger partial charge on any atom is -0.480 e. The molecule has 0 saturated carbocycles. The Morgan fingerprint density at radius 2 is 1.95 bits per heavy atom. The zero-order valence-corrected chi connectivity index (χ0v) is 10.9. The predicted molar refractivity (Wildman–Crippen MR) is 73.8 cm³/mol. The Balaban J connectivity index is 2.39. The van der Waals surface area contributed by atoms with Gasteiger partial charge in [-0.2, -0.15) is 0 Å². The second kappa shape index (κ2) is 8.08. The van der Waals surface area contributed by atoms with Crippen LogP contribution in [0.3, 0.4) is 0 Å². The van der Waals surface area contributed by atoms with Gasteiger partial charge in [0.15, 0.2) is 0 Å². The number of carboxylic acids is 1. The molecule has 1 rings (SSSR count). The van der Waals surface area contributed by atoms with Crippen molar-refractivity contribution in [1.82, 2.24) is 4.90 Å². The van der Waals surface area contributed by atoms with Crippen LogP contribution in [0.25, 0.3) is 0 Å². The summed E-state index contributed by atoms with van der Waals surface area (Å²) in [6.07, 6.45) is 3.44. The van der Waals surface area contributed by atoms with Gasteiger partial charge in [-0.1, -0.05) is 36.4 Å². The molecule has 0 aromatic heterocycles. The van der Waals surface area contributed by atoms with Crippen LogP contribution >= 0.6 is 0 Å². The van der Waals surface area contributed by atoms with Crippen molar-refractivity contribution in [3.8, 4) is 0 Å². The summed E-state index contributed by atoms with van der Waals surface area (Å²) < 4.78 is 0. The molecule has 0 saturated heterocycles. The van der Waals surface area contributed by atoms with E-state index in [0.717, 1.165) is 12.8 Å². The number of hydrogen-bond acceptors (Lipinski definition) is 2. The maximum absolute atomic E-state index is 11.9. The van der Waals surface area contributed by atoms with Gasteiger partial charge in [-0.3, -0.25) is 9.59 Å². The molecule has 0 bridgehead atoms. The summed E-state index contributed by atoms with van der Waals surface area (Å²) in [5.74, 6) is -1.14. The minimum atomic E-state index is -1.00. The third-order valence-electron chi connectivity index (χ3n) is 2.73. The number of benzene rings is 1. The van der Waals surface area contributed by atoms with Crippen LogP contribution in [0.1, 0.15) is 18.4 Å². The fourth-order valence-corrected chi connectivity index (χ4v) is 1.82. The lowest BCUT2D eigenvalue weighted by Gasteiger charge is -2.18. The van der Waals surface area contributed by atoms with Crippen molar-refractivity contribution >= 4 is 11.9 Å². The number of hydrogen-bond donors (Lipinski definition) is 1. The minimum absolute atomic E-state index is 0.141. The Kier molecular flexibility index (Phi) is 6.36. The lowest BCUT2D eigenvalue weighted by molar-refractivity contribution is -0.144. The Bertz CT molecular complexity index is 428. The van der Waals surface area contributed by atoms with Crippen LogP contribution in [0, 0.1) is 0 Å². The van der Waals surface area contributed by atoms with Crippen LogP contribution in [0.4, 0.5) is 0 Å². The van der Waals surface area contributed by atoms with Gasteiger partial charge >= 0.3 is 5.97 Å². The highest BCUT2D eigenvalue weighted by Gasteiger charge is 2.14. The van der Waals surface area contributed by atoms with Gasteiger partial charge in [-0.05, 0) is 18.4 Å². The fraction of sp³-hybridized carbons (Fsp3) is 0.333. The Morgan fingerprint density at radius 3 is 2.53 bits per heavy atom. The lowest BCUT2D eigenvalue weighted by atomic mass is 10.1. The quantitative estimate of drug-likeness (QED) is 0.729. The van der Waals surface area contributed by atoms with Crippen molar-refractivity contribution < 1.29 is 14.7 Å². The molecule has 0 fully saturated rings. The number of nitrogens with zero attached hydrogens (tertiary/aromatic N) is 1. The first-order chi connectivity index (χ1) is 9.13. The average molecular weight is 261 g/mol. The van der Waals surface area contributed by atoms with Crippen LogP contribution in [0.15, 0.2) is 43.0 Å². The molecule has 0 unspecified atom stereocenters. The largest absolute Gasteiger partial charge is 0.480 e. The highest BCUT2D eigenvalue weighted by molar-refractivity contribution is 5.81. The zero-order chi connectivity index (χ0) is 14.1. The van der Waals surface area contributed by atoms with Gasteiger partial charge in [0.25, 0.3) is 0 Å². The summed E-state index contributed by atoms with van der Waals surface area (Å²) in [5, 5.41) is 8.73. The monoisotopic (exact) mass is 261 g/mol. The molecule has 0 aliphatic heterocycles. The van der Waals surface area contributed by atoms with E-state index in [-0.39, 0.29) is 19.0 Å². The summed E-state index contributed by atoms with van der Waals surface area (Å²) in [7, 11) is 0. The third-order valence-corrected chi connectivity index (χ3v) is 2.73. The van der Waals surface area contributed by atoms with Crippen molar-refractivity contribution in [3.63, 3.8) is 0 Å².